The van der Waals surface area contributed by atoms with Crippen molar-refractivity contribution in [2.45, 2.75) is 0 Å². The van der Waals surface area contributed by atoms with Crippen LogP contribution in [-0.4, -0.2) is 56.3 Å². The van der Waals surface area contributed by atoms with Crippen molar-refractivity contribution in [3.8, 4) is 0 Å². The molecule has 0 aliphatic carbocycles. The molecule has 0 heterocycles. The minimum atomic E-state index is -0.610. The summed E-state index contributed by atoms with van der Waals surface area (Å²) in [7, 11) is 3.06. The SMILES string of the molecule is COCCN(CCOC)C(=O)c1cccc([N+](=O)[O-])c1N. The summed E-state index contributed by atoms with van der Waals surface area (Å²) in [6.45, 7) is 1.40. The van der Waals surface area contributed by atoms with Crippen molar-refractivity contribution < 1.29 is 19.2 Å². The van der Waals surface area contributed by atoms with E-state index in [4.69, 9.17) is 15.2 Å². The number of carbonyl (C=O) groups is 1. The van der Waals surface area contributed by atoms with E-state index >= 15 is 0 Å². The first-order chi connectivity index (χ1) is 10.0. The van der Waals surface area contributed by atoms with Gasteiger partial charge in [0.2, 0.25) is 0 Å². The van der Waals surface area contributed by atoms with Gasteiger partial charge < -0.3 is 20.1 Å². The van der Waals surface area contributed by atoms with Gasteiger partial charge in [-0.3, -0.25) is 14.9 Å². The zero-order chi connectivity index (χ0) is 15.8. The maximum absolute atomic E-state index is 12.5. The molecule has 1 rings (SSSR count). The van der Waals surface area contributed by atoms with Gasteiger partial charge >= 0.3 is 0 Å². The number of hydrogen-bond acceptors (Lipinski definition) is 6. The maximum Gasteiger partial charge on any atom is 0.292 e. The molecule has 0 unspecified atom stereocenters. The number of methoxy groups -OCH3 is 2. The van der Waals surface area contributed by atoms with Crippen molar-refractivity contribution >= 4 is 17.3 Å². The Kier molecular flexibility index (Phi) is 6.57. The molecule has 0 aromatic heterocycles. The molecule has 0 spiro atoms. The Morgan fingerprint density at radius 2 is 1.86 bits per heavy atom. The van der Waals surface area contributed by atoms with E-state index in [1.807, 2.05) is 0 Å². The summed E-state index contributed by atoms with van der Waals surface area (Å²) in [5, 5.41) is 10.9. The summed E-state index contributed by atoms with van der Waals surface area (Å²) in [5.74, 6) is -0.384. The van der Waals surface area contributed by atoms with Crippen LogP contribution in [0.15, 0.2) is 18.2 Å². The zero-order valence-electron chi connectivity index (χ0n) is 12.1. The van der Waals surface area contributed by atoms with E-state index in [-0.39, 0.29) is 22.8 Å². The van der Waals surface area contributed by atoms with Crippen LogP contribution < -0.4 is 5.73 Å². The van der Waals surface area contributed by atoms with Crippen LogP contribution in [0.25, 0.3) is 0 Å². The highest BCUT2D eigenvalue weighted by molar-refractivity contribution is 6.01. The highest BCUT2D eigenvalue weighted by Crippen LogP contribution is 2.25. The molecule has 0 aliphatic rings. The number of hydrogen-bond donors (Lipinski definition) is 1. The second kappa shape index (κ2) is 8.18. The van der Waals surface area contributed by atoms with Gasteiger partial charge in [-0.15, -0.1) is 0 Å². The molecule has 1 amide bonds. The molecule has 0 aliphatic heterocycles. The van der Waals surface area contributed by atoms with Crippen LogP contribution in [0.4, 0.5) is 11.4 Å². The molecule has 116 valence electrons. The van der Waals surface area contributed by atoms with Gasteiger partial charge in [0.05, 0.1) is 23.7 Å². The Morgan fingerprint density at radius 1 is 1.29 bits per heavy atom. The molecule has 0 radical (unpaired) electrons. The number of anilines is 1. The summed E-state index contributed by atoms with van der Waals surface area (Å²) < 4.78 is 9.91. The molecule has 0 bridgehead atoms. The van der Waals surface area contributed by atoms with Gasteiger partial charge in [0.25, 0.3) is 11.6 Å². The lowest BCUT2D eigenvalue weighted by molar-refractivity contribution is -0.383. The lowest BCUT2D eigenvalue weighted by atomic mass is 10.1. The first kappa shape index (κ1) is 16.9. The average molecular weight is 297 g/mol. The molecule has 1 aromatic carbocycles. The molecular formula is C13H19N3O5. The Bertz CT molecular complexity index is 499. The third-order valence-electron chi connectivity index (χ3n) is 2.93. The largest absolute Gasteiger partial charge is 0.393 e. The van der Waals surface area contributed by atoms with E-state index in [9.17, 15) is 14.9 Å². The van der Waals surface area contributed by atoms with Crippen molar-refractivity contribution in [3.63, 3.8) is 0 Å². The second-order valence-corrected chi connectivity index (χ2v) is 4.27. The number of rotatable bonds is 8. The number of carbonyl (C=O) groups excluding carboxylic acids is 1. The third kappa shape index (κ3) is 4.40. The number of nitro benzene ring substituents is 1. The summed E-state index contributed by atoms with van der Waals surface area (Å²) in [4.78, 5) is 24.2. The zero-order valence-corrected chi connectivity index (χ0v) is 12.1. The lowest BCUT2D eigenvalue weighted by Crippen LogP contribution is -2.36. The maximum atomic E-state index is 12.5. The fourth-order valence-electron chi connectivity index (χ4n) is 1.79. The minimum Gasteiger partial charge on any atom is -0.393 e. The quantitative estimate of drug-likeness (QED) is 0.434. The molecular weight excluding hydrogens is 278 g/mol. The number of nitrogen functional groups attached to an aromatic ring is 1. The van der Waals surface area contributed by atoms with E-state index in [1.54, 1.807) is 0 Å². The Morgan fingerprint density at radius 3 is 2.33 bits per heavy atom. The smallest absolute Gasteiger partial charge is 0.292 e. The van der Waals surface area contributed by atoms with Crippen LogP contribution in [0.5, 0.6) is 0 Å². The topological polar surface area (TPSA) is 108 Å². The van der Waals surface area contributed by atoms with Crippen LogP contribution in [-0.2, 0) is 9.47 Å². The molecule has 0 saturated heterocycles. The van der Waals surface area contributed by atoms with Crippen molar-refractivity contribution in [1.82, 2.24) is 4.90 Å². The number of para-hydroxylation sites is 1. The molecule has 0 saturated carbocycles. The fourth-order valence-corrected chi connectivity index (χ4v) is 1.79. The number of benzene rings is 1. The molecule has 21 heavy (non-hydrogen) atoms. The van der Waals surface area contributed by atoms with E-state index in [2.05, 4.69) is 0 Å². The highest BCUT2D eigenvalue weighted by Gasteiger charge is 2.22. The first-order valence-corrected chi connectivity index (χ1v) is 6.33. The Labute approximate surface area is 122 Å². The summed E-state index contributed by atoms with van der Waals surface area (Å²) in [6, 6.07) is 4.17. The standard InChI is InChI=1S/C13H19N3O5/c1-20-8-6-15(7-9-21-2)13(17)10-4-3-5-11(12(10)14)16(18)19/h3-5H,6-9,14H2,1-2H3. The van der Waals surface area contributed by atoms with E-state index in [1.165, 1.54) is 37.3 Å². The second-order valence-electron chi connectivity index (χ2n) is 4.27. The van der Waals surface area contributed by atoms with Crippen molar-refractivity contribution in [3.05, 3.63) is 33.9 Å². The summed E-state index contributed by atoms with van der Waals surface area (Å²) in [5.41, 5.74) is 5.43. The molecule has 0 atom stereocenters. The molecule has 8 heteroatoms. The van der Waals surface area contributed by atoms with E-state index in [0.29, 0.717) is 26.3 Å². The third-order valence-corrected chi connectivity index (χ3v) is 2.93. The van der Waals surface area contributed by atoms with Gasteiger partial charge in [0.1, 0.15) is 5.69 Å². The van der Waals surface area contributed by atoms with Crippen molar-refractivity contribution in [1.29, 1.82) is 0 Å². The van der Waals surface area contributed by atoms with Crippen LogP contribution in [0.1, 0.15) is 10.4 Å². The number of amides is 1. The summed E-state index contributed by atoms with van der Waals surface area (Å²) >= 11 is 0. The lowest BCUT2D eigenvalue weighted by Gasteiger charge is -2.22. The van der Waals surface area contributed by atoms with E-state index in [0.717, 1.165) is 0 Å². The Balaban J connectivity index is 3.02. The number of ether oxygens (including phenoxy) is 2. The van der Waals surface area contributed by atoms with Crippen LogP contribution in [0.3, 0.4) is 0 Å². The molecule has 0 fully saturated rings. The monoisotopic (exact) mass is 297 g/mol. The van der Waals surface area contributed by atoms with Crippen LogP contribution in [0.2, 0.25) is 0 Å². The van der Waals surface area contributed by atoms with Crippen molar-refractivity contribution in [2.75, 3.05) is 46.3 Å². The highest BCUT2D eigenvalue weighted by atomic mass is 16.6. The number of nitrogens with two attached hydrogens (primary N) is 1. The van der Waals surface area contributed by atoms with Gasteiger partial charge in [0.15, 0.2) is 0 Å². The van der Waals surface area contributed by atoms with Gasteiger partial charge in [-0.1, -0.05) is 6.07 Å². The van der Waals surface area contributed by atoms with E-state index < -0.39 is 4.92 Å². The Hall–Kier alpha value is -2.19. The normalized spacial score (nSPS) is 10.4. The first-order valence-electron chi connectivity index (χ1n) is 6.33. The van der Waals surface area contributed by atoms with Gasteiger partial charge in [-0.05, 0) is 6.07 Å². The number of nitro groups is 1. The molecule has 8 nitrogen and oxygen atoms in total. The molecule has 1 aromatic rings. The predicted octanol–water partition coefficient (Wildman–Crippen LogP) is 0.912. The fraction of sp³-hybridized carbons (Fsp3) is 0.462. The summed E-state index contributed by atoms with van der Waals surface area (Å²) in [6.07, 6.45) is 0. The van der Waals surface area contributed by atoms with Gasteiger partial charge in [0, 0.05) is 33.4 Å². The minimum absolute atomic E-state index is 0.108. The van der Waals surface area contributed by atoms with Crippen molar-refractivity contribution in [2.24, 2.45) is 0 Å². The average Bonchev–Trinajstić information content (AvgIpc) is 2.46. The van der Waals surface area contributed by atoms with Crippen LogP contribution >= 0.6 is 0 Å². The predicted molar refractivity (Wildman–Crippen MR) is 77.2 cm³/mol. The molecule has 2 N–H and O–H groups in total. The van der Waals surface area contributed by atoms with Gasteiger partial charge in [-0.2, -0.15) is 0 Å². The number of nitrogens with zero attached hydrogens (tertiary/aromatic N) is 2. The van der Waals surface area contributed by atoms with Gasteiger partial charge in [-0.25, -0.2) is 0 Å². The van der Waals surface area contributed by atoms with Crippen LogP contribution in [0, 0.1) is 10.1 Å².